The Kier molecular flexibility index (Phi) is 4.86. The van der Waals surface area contributed by atoms with Crippen LogP contribution in [-0.4, -0.2) is 14.3 Å². The van der Waals surface area contributed by atoms with Gasteiger partial charge in [0.25, 0.3) is 0 Å². The van der Waals surface area contributed by atoms with Gasteiger partial charge in [-0.25, -0.2) is 13.6 Å². The van der Waals surface area contributed by atoms with E-state index in [1.54, 1.807) is 19.1 Å². The summed E-state index contributed by atoms with van der Waals surface area (Å²) >= 11 is 0. The van der Waals surface area contributed by atoms with Crippen LogP contribution in [0.1, 0.15) is 38.3 Å². The molecule has 6 heteroatoms. The van der Waals surface area contributed by atoms with Crippen molar-refractivity contribution in [1.29, 1.82) is 0 Å². The van der Waals surface area contributed by atoms with Gasteiger partial charge in [0.2, 0.25) is 15.9 Å². The van der Waals surface area contributed by atoms with Gasteiger partial charge in [-0.2, -0.15) is 0 Å². The van der Waals surface area contributed by atoms with Crippen molar-refractivity contribution in [3.8, 4) is 0 Å². The van der Waals surface area contributed by atoms with Crippen molar-refractivity contribution >= 4 is 15.9 Å². The van der Waals surface area contributed by atoms with Gasteiger partial charge in [0.15, 0.2) is 0 Å². The second-order valence-electron chi connectivity index (χ2n) is 4.16. The zero-order valence-corrected chi connectivity index (χ0v) is 11.3. The molecule has 1 rings (SSSR count). The van der Waals surface area contributed by atoms with Crippen molar-refractivity contribution in [3.05, 3.63) is 29.8 Å². The summed E-state index contributed by atoms with van der Waals surface area (Å²) in [4.78, 5) is 11.5. The van der Waals surface area contributed by atoms with Crippen LogP contribution in [0.2, 0.25) is 0 Å². The molecule has 0 saturated heterocycles. The van der Waals surface area contributed by atoms with Gasteiger partial charge in [0, 0.05) is 6.42 Å². The molecule has 0 aliphatic heterocycles. The fourth-order valence-corrected chi connectivity index (χ4v) is 2.15. The summed E-state index contributed by atoms with van der Waals surface area (Å²) in [6.45, 7) is 3.72. The minimum atomic E-state index is -3.71. The van der Waals surface area contributed by atoms with E-state index in [1.165, 1.54) is 12.1 Å². The van der Waals surface area contributed by atoms with Gasteiger partial charge in [-0.1, -0.05) is 19.1 Å². The number of nitrogens with two attached hydrogens (primary N) is 1. The fraction of sp³-hybridized carbons (Fsp3) is 0.417. The second-order valence-corrected chi connectivity index (χ2v) is 5.72. The van der Waals surface area contributed by atoms with E-state index in [0.29, 0.717) is 12.0 Å². The minimum absolute atomic E-state index is 0.0500. The van der Waals surface area contributed by atoms with E-state index in [1.807, 2.05) is 6.92 Å². The number of benzene rings is 1. The number of sulfonamides is 1. The van der Waals surface area contributed by atoms with Crippen LogP contribution in [0.3, 0.4) is 0 Å². The van der Waals surface area contributed by atoms with Gasteiger partial charge in [-0.15, -0.1) is 0 Å². The zero-order valence-electron chi connectivity index (χ0n) is 10.5. The van der Waals surface area contributed by atoms with Gasteiger partial charge >= 0.3 is 0 Å². The zero-order chi connectivity index (χ0) is 13.8. The summed E-state index contributed by atoms with van der Waals surface area (Å²) in [6, 6.07) is 6.03. The van der Waals surface area contributed by atoms with Crippen molar-refractivity contribution in [2.24, 2.45) is 5.14 Å². The molecule has 0 radical (unpaired) electrons. The summed E-state index contributed by atoms with van der Waals surface area (Å²) in [5, 5.41) is 7.86. The van der Waals surface area contributed by atoms with Crippen LogP contribution < -0.4 is 10.5 Å². The lowest BCUT2D eigenvalue weighted by Gasteiger charge is -2.14. The predicted molar refractivity (Wildman–Crippen MR) is 69.3 cm³/mol. The normalized spacial score (nSPS) is 13.1. The van der Waals surface area contributed by atoms with Crippen LogP contribution in [0.15, 0.2) is 29.2 Å². The molecule has 0 aliphatic rings. The molecular weight excluding hydrogens is 252 g/mol. The number of hydrogen-bond donors (Lipinski definition) is 2. The van der Waals surface area contributed by atoms with Crippen LogP contribution >= 0.6 is 0 Å². The molecule has 3 N–H and O–H groups in total. The van der Waals surface area contributed by atoms with E-state index in [4.69, 9.17) is 5.14 Å². The number of amides is 1. The minimum Gasteiger partial charge on any atom is -0.350 e. The van der Waals surface area contributed by atoms with Crippen molar-refractivity contribution < 1.29 is 13.2 Å². The van der Waals surface area contributed by atoms with Gasteiger partial charge in [-0.05, 0) is 31.0 Å². The van der Waals surface area contributed by atoms with Gasteiger partial charge in [0.1, 0.15) is 0 Å². The molecule has 0 heterocycles. The van der Waals surface area contributed by atoms with Crippen LogP contribution in [0.25, 0.3) is 0 Å². The quantitative estimate of drug-likeness (QED) is 0.845. The van der Waals surface area contributed by atoms with E-state index in [2.05, 4.69) is 5.32 Å². The molecule has 0 aromatic heterocycles. The topological polar surface area (TPSA) is 89.3 Å². The Bertz CT molecular complexity index is 526. The van der Waals surface area contributed by atoms with Crippen LogP contribution in [-0.2, 0) is 14.8 Å². The fourth-order valence-electron chi connectivity index (χ4n) is 1.58. The van der Waals surface area contributed by atoms with E-state index in [-0.39, 0.29) is 16.8 Å². The second kappa shape index (κ2) is 5.97. The first kappa shape index (κ1) is 14.7. The van der Waals surface area contributed by atoms with Gasteiger partial charge in [-0.3, -0.25) is 4.79 Å². The maximum absolute atomic E-state index is 11.5. The highest BCUT2D eigenvalue weighted by molar-refractivity contribution is 7.89. The molecule has 1 unspecified atom stereocenters. The van der Waals surface area contributed by atoms with Crippen molar-refractivity contribution in [3.63, 3.8) is 0 Å². The molecule has 0 fully saturated rings. The molecule has 1 atom stereocenters. The molecule has 0 bridgehead atoms. The molecule has 0 aliphatic carbocycles. The molecule has 1 amide bonds. The highest BCUT2D eigenvalue weighted by Gasteiger charge is 2.12. The number of carbonyl (C=O) groups is 1. The molecule has 1 aromatic rings. The first-order valence-electron chi connectivity index (χ1n) is 5.76. The number of hydrogen-bond acceptors (Lipinski definition) is 3. The molecule has 18 heavy (non-hydrogen) atoms. The average molecular weight is 270 g/mol. The lowest BCUT2D eigenvalue weighted by Crippen LogP contribution is -2.26. The van der Waals surface area contributed by atoms with Crippen molar-refractivity contribution in [2.45, 2.75) is 37.6 Å². The highest BCUT2D eigenvalue weighted by Crippen LogP contribution is 2.16. The maximum Gasteiger partial charge on any atom is 0.238 e. The van der Waals surface area contributed by atoms with E-state index >= 15 is 0 Å². The number of nitrogens with one attached hydrogen (secondary N) is 1. The van der Waals surface area contributed by atoms with E-state index in [9.17, 15) is 13.2 Å². The standard InChI is InChI=1S/C12H18N2O3S/c1-3-5-12(15)14-9(2)10-6-4-7-11(8-10)18(13,16)17/h4,6-9H,3,5H2,1-2H3,(H,14,15)(H2,13,16,17). The van der Waals surface area contributed by atoms with Crippen LogP contribution in [0.5, 0.6) is 0 Å². The first-order valence-corrected chi connectivity index (χ1v) is 7.31. The smallest absolute Gasteiger partial charge is 0.238 e. The van der Waals surface area contributed by atoms with Gasteiger partial charge in [0.05, 0.1) is 10.9 Å². The van der Waals surface area contributed by atoms with Crippen LogP contribution in [0.4, 0.5) is 0 Å². The summed E-state index contributed by atoms with van der Waals surface area (Å²) in [7, 11) is -3.71. The number of rotatable bonds is 5. The Morgan fingerprint density at radius 2 is 2.11 bits per heavy atom. The van der Waals surface area contributed by atoms with Crippen LogP contribution in [0, 0.1) is 0 Å². The average Bonchev–Trinajstić information content (AvgIpc) is 2.28. The van der Waals surface area contributed by atoms with Crippen molar-refractivity contribution in [2.75, 3.05) is 0 Å². The Labute approximate surface area is 107 Å². The Balaban J connectivity index is 2.87. The maximum atomic E-state index is 11.5. The predicted octanol–water partition coefficient (Wildman–Crippen LogP) is 1.31. The highest BCUT2D eigenvalue weighted by atomic mass is 32.2. The lowest BCUT2D eigenvalue weighted by atomic mass is 10.1. The molecule has 5 nitrogen and oxygen atoms in total. The monoisotopic (exact) mass is 270 g/mol. The third-order valence-electron chi connectivity index (χ3n) is 2.54. The Morgan fingerprint density at radius 3 is 2.67 bits per heavy atom. The first-order chi connectivity index (χ1) is 8.34. The molecule has 0 spiro atoms. The molecular formula is C12H18N2O3S. The van der Waals surface area contributed by atoms with Gasteiger partial charge < -0.3 is 5.32 Å². The third kappa shape index (κ3) is 4.12. The lowest BCUT2D eigenvalue weighted by molar-refractivity contribution is -0.121. The van der Waals surface area contributed by atoms with Crippen molar-refractivity contribution in [1.82, 2.24) is 5.32 Å². The Morgan fingerprint density at radius 1 is 1.44 bits per heavy atom. The molecule has 1 aromatic carbocycles. The number of carbonyl (C=O) groups excluding carboxylic acids is 1. The summed E-state index contributed by atoms with van der Waals surface area (Å²) in [5.74, 6) is -0.0500. The third-order valence-corrected chi connectivity index (χ3v) is 3.45. The Hall–Kier alpha value is -1.40. The SMILES string of the molecule is CCCC(=O)NC(C)c1cccc(S(N)(=O)=O)c1. The van der Waals surface area contributed by atoms with E-state index < -0.39 is 10.0 Å². The summed E-state index contributed by atoms with van der Waals surface area (Å²) < 4.78 is 22.4. The summed E-state index contributed by atoms with van der Waals surface area (Å²) in [6.07, 6.45) is 1.23. The molecule has 0 saturated carbocycles. The largest absolute Gasteiger partial charge is 0.350 e. The summed E-state index contributed by atoms with van der Waals surface area (Å²) in [5.41, 5.74) is 0.714. The molecule has 100 valence electrons. The number of primary sulfonamides is 1. The van der Waals surface area contributed by atoms with E-state index in [0.717, 1.165) is 6.42 Å².